The maximum absolute atomic E-state index is 10.1. The summed E-state index contributed by atoms with van der Waals surface area (Å²) in [5.74, 6) is 0.394. The van der Waals surface area contributed by atoms with E-state index >= 15 is 0 Å². The lowest BCUT2D eigenvalue weighted by Gasteiger charge is -2.26. The van der Waals surface area contributed by atoms with Gasteiger partial charge < -0.3 is 10.4 Å². The van der Waals surface area contributed by atoms with Crippen molar-refractivity contribution in [3.05, 3.63) is 21.3 Å². The highest BCUT2D eigenvalue weighted by molar-refractivity contribution is 7.16. The second-order valence-electron chi connectivity index (χ2n) is 3.67. The van der Waals surface area contributed by atoms with Gasteiger partial charge in [-0.05, 0) is 44.0 Å². The Bertz CT molecular complexity index is 296. The van der Waals surface area contributed by atoms with Gasteiger partial charge in [-0.2, -0.15) is 0 Å². The first-order valence-corrected chi connectivity index (χ1v) is 6.11. The first kappa shape index (κ1) is 10.4. The fourth-order valence-corrected chi connectivity index (χ4v) is 3.02. The summed E-state index contributed by atoms with van der Waals surface area (Å²) >= 11 is 7.32. The fourth-order valence-electron chi connectivity index (χ4n) is 1.88. The summed E-state index contributed by atoms with van der Waals surface area (Å²) in [5, 5.41) is 13.4. The molecule has 78 valence electrons. The smallest absolute Gasteiger partial charge is 0.0932 e. The zero-order chi connectivity index (χ0) is 9.97. The Labute approximate surface area is 92.9 Å². The summed E-state index contributed by atoms with van der Waals surface area (Å²) in [6.45, 7) is 2.03. The van der Waals surface area contributed by atoms with Gasteiger partial charge in [0.15, 0.2) is 0 Å². The fraction of sp³-hybridized carbons (Fsp3) is 0.600. The molecule has 1 aliphatic heterocycles. The number of hydrogen-bond donors (Lipinski definition) is 2. The van der Waals surface area contributed by atoms with Crippen LogP contribution in [0.3, 0.4) is 0 Å². The predicted octanol–water partition coefficient (Wildman–Crippen LogP) is 2.43. The van der Waals surface area contributed by atoms with Crippen LogP contribution < -0.4 is 5.32 Å². The molecule has 1 fully saturated rings. The van der Waals surface area contributed by atoms with Gasteiger partial charge in [-0.15, -0.1) is 11.3 Å². The molecule has 0 amide bonds. The zero-order valence-electron chi connectivity index (χ0n) is 7.87. The van der Waals surface area contributed by atoms with E-state index in [-0.39, 0.29) is 6.10 Å². The van der Waals surface area contributed by atoms with Crippen molar-refractivity contribution in [1.82, 2.24) is 5.32 Å². The molecule has 14 heavy (non-hydrogen) atoms. The maximum Gasteiger partial charge on any atom is 0.0932 e. The third-order valence-electron chi connectivity index (χ3n) is 2.72. The number of aliphatic hydroxyl groups is 1. The zero-order valence-corrected chi connectivity index (χ0v) is 9.44. The summed E-state index contributed by atoms with van der Waals surface area (Å²) in [5.41, 5.74) is 0. The van der Waals surface area contributed by atoms with Crippen molar-refractivity contribution < 1.29 is 5.11 Å². The van der Waals surface area contributed by atoms with Gasteiger partial charge in [0.2, 0.25) is 0 Å². The minimum absolute atomic E-state index is 0.324. The van der Waals surface area contributed by atoms with E-state index in [1.807, 2.05) is 12.1 Å². The molecule has 1 saturated heterocycles. The number of rotatable bonds is 2. The molecule has 2 nitrogen and oxygen atoms in total. The number of thiophene rings is 1. The molecule has 0 spiro atoms. The molecule has 0 saturated carbocycles. The quantitative estimate of drug-likeness (QED) is 0.820. The summed E-state index contributed by atoms with van der Waals surface area (Å²) in [4.78, 5) is 1.00. The molecule has 2 rings (SSSR count). The van der Waals surface area contributed by atoms with Crippen LogP contribution in [0.15, 0.2) is 12.1 Å². The molecule has 0 bridgehead atoms. The Kier molecular flexibility index (Phi) is 3.44. The standard InChI is InChI=1S/C10H14ClNOS/c11-9-2-1-8(14-9)10(13)7-3-5-12-6-4-7/h1-2,7,10,12-13H,3-6H2. The van der Waals surface area contributed by atoms with E-state index in [0.717, 1.165) is 35.1 Å². The maximum atomic E-state index is 10.1. The second kappa shape index (κ2) is 4.62. The number of halogens is 1. The molecule has 0 radical (unpaired) electrons. The van der Waals surface area contributed by atoms with Gasteiger partial charge in [-0.1, -0.05) is 11.6 Å². The summed E-state index contributed by atoms with van der Waals surface area (Å²) < 4.78 is 0.757. The highest BCUT2D eigenvalue weighted by Gasteiger charge is 2.23. The van der Waals surface area contributed by atoms with E-state index in [1.54, 1.807) is 0 Å². The number of piperidine rings is 1. The van der Waals surface area contributed by atoms with Crippen molar-refractivity contribution in [3.8, 4) is 0 Å². The molecule has 0 aromatic carbocycles. The van der Waals surface area contributed by atoms with Crippen molar-refractivity contribution in [2.75, 3.05) is 13.1 Å². The normalized spacial score (nSPS) is 21.0. The van der Waals surface area contributed by atoms with Gasteiger partial charge >= 0.3 is 0 Å². The van der Waals surface area contributed by atoms with E-state index in [1.165, 1.54) is 11.3 Å². The summed E-state index contributed by atoms with van der Waals surface area (Å²) in [6, 6.07) is 3.78. The molecule has 0 aliphatic carbocycles. The van der Waals surface area contributed by atoms with Crippen molar-refractivity contribution >= 4 is 22.9 Å². The van der Waals surface area contributed by atoms with Crippen LogP contribution in [-0.2, 0) is 0 Å². The van der Waals surface area contributed by atoms with Gasteiger partial charge in [0.25, 0.3) is 0 Å². The van der Waals surface area contributed by atoms with E-state index < -0.39 is 0 Å². The summed E-state index contributed by atoms with van der Waals surface area (Å²) in [7, 11) is 0. The van der Waals surface area contributed by atoms with Crippen LogP contribution in [0.5, 0.6) is 0 Å². The average Bonchev–Trinajstić information content (AvgIpc) is 2.65. The third-order valence-corrected chi connectivity index (χ3v) is 4.02. The predicted molar refractivity (Wildman–Crippen MR) is 59.9 cm³/mol. The van der Waals surface area contributed by atoms with Crippen LogP contribution >= 0.6 is 22.9 Å². The van der Waals surface area contributed by atoms with E-state index in [2.05, 4.69) is 5.32 Å². The van der Waals surface area contributed by atoms with Crippen molar-refractivity contribution in [2.24, 2.45) is 5.92 Å². The largest absolute Gasteiger partial charge is 0.387 e. The van der Waals surface area contributed by atoms with Crippen molar-refractivity contribution in [1.29, 1.82) is 0 Å². The lowest BCUT2D eigenvalue weighted by molar-refractivity contribution is 0.0920. The van der Waals surface area contributed by atoms with Gasteiger partial charge in [-0.25, -0.2) is 0 Å². The van der Waals surface area contributed by atoms with Crippen LogP contribution in [0.2, 0.25) is 4.34 Å². The third kappa shape index (κ3) is 2.28. The molecule has 2 N–H and O–H groups in total. The van der Waals surface area contributed by atoms with E-state index in [0.29, 0.717) is 5.92 Å². The molecule has 1 unspecified atom stereocenters. The van der Waals surface area contributed by atoms with Gasteiger partial charge in [0.05, 0.1) is 10.4 Å². The lowest BCUT2D eigenvalue weighted by Crippen LogP contribution is -2.30. The highest BCUT2D eigenvalue weighted by Crippen LogP contribution is 2.34. The summed E-state index contributed by atoms with van der Waals surface area (Å²) in [6.07, 6.45) is 1.78. The topological polar surface area (TPSA) is 32.3 Å². The number of hydrogen-bond acceptors (Lipinski definition) is 3. The minimum atomic E-state index is -0.324. The van der Waals surface area contributed by atoms with E-state index in [9.17, 15) is 5.11 Å². The second-order valence-corrected chi connectivity index (χ2v) is 5.42. The van der Waals surface area contributed by atoms with Crippen LogP contribution in [0.25, 0.3) is 0 Å². The van der Waals surface area contributed by atoms with Crippen LogP contribution in [-0.4, -0.2) is 18.2 Å². The van der Waals surface area contributed by atoms with Gasteiger partial charge in [-0.3, -0.25) is 0 Å². The molecular weight excluding hydrogens is 218 g/mol. The minimum Gasteiger partial charge on any atom is -0.387 e. The highest BCUT2D eigenvalue weighted by atomic mass is 35.5. The molecular formula is C10H14ClNOS. The Balaban J connectivity index is 2.03. The Morgan fingerprint density at radius 1 is 1.43 bits per heavy atom. The first-order chi connectivity index (χ1) is 6.77. The molecule has 2 heterocycles. The molecule has 4 heteroatoms. The Hall–Kier alpha value is -0.0900. The molecule has 1 aromatic heterocycles. The molecule has 1 aliphatic rings. The average molecular weight is 232 g/mol. The van der Waals surface area contributed by atoms with Crippen LogP contribution in [0.4, 0.5) is 0 Å². The Morgan fingerprint density at radius 2 is 2.14 bits per heavy atom. The monoisotopic (exact) mass is 231 g/mol. The number of aliphatic hydroxyl groups excluding tert-OH is 1. The van der Waals surface area contributed by atoms with Gasteiger partial charge in [0, 0.05) is 4.88 Å². The van der Waals surface area contributed by atoms with Gasteiger partial charge in [0.1, 0.15) is 0 Å². The first-order valence-electron chi connectivity index (χ1n) is 4.91. The SMILES string of the molecule is OC(c1ccc(Cl)s1)C1CCNCC1. The van der Waals surface area contributed by atoms with Crippen LogP contribution in [0, 0.1) is 5.92 Å². The van der Waals surface area contributed by atoms with Crippen molar-refractivity contribution in [3.63, 3.8) is 0 Å². The van der Waals surface area contributed by atoms with E-state index in [4.69, 9.17) is 11.6 Å². The molecule has 1 atom stereocenters. The molecule has 1 aromatic rings. The van der Waals surface area contributed by atoms with Crippen LogP contribution in [0.1, 0.15) is 23.8 Å². The number of nitrogens with one attached hydrogen (secondary N) is 1. The lowest BCUT2D eigenvalue weighted by atomic mass is 9.91. The Morgan fingerprint density at radius 3 is 2.71 bits per heavy atom. The van der Waals surface area contributed by atoms with Crippen molar-refractivity contribution in [2.45, 2.75) is 18.9 Å².